The minimum atomic E-state index is -4.89. The van der Waals surface area contributed by atoms with Gasteiger partial charge in [0.15, 0.2) is 0 Å². The van der Waals surface area contributed by atoms with Crippen molar-refractivity contribution in [3.63, 3.8) is 0 Å². The summed E-state index contributed by atoms with van der Waals surface area (Å²) in [5.74, 6) is 13.1. The molecule has 13 heteroatoms. The normalized spacial score (nSPS) is 11.8. The van der Waals surface area contributed by atoms with E-state index in [4.69, 9.17) is 19.2 Å². The van der Waals surface area contributed by atoms with Crippen molar-refractivity contribution in [2.24, 2.45) is 17.7 Å². The van der Waals surface area contributed by atoms with Crippen LogP contribution in [0.5, 0.6) is 0 Å². The molecule has 8 N–H and O–H groups in total. The second-order valence-electron chi connectivity index (χ2n) is 1.25. The van der Waals surface area contributed by atoms with Gasteiger partial charge in [0.25, 0.3) is 7.82 Å². The first-order valence-electron chi connectivity index (χ1n) is 2.20. The van der Waals surface area contributed by atoms with E-state index in [1.165, 1.54) is 0 Å². The summed E-state index contributed by atoms with van der Waals surface area (Å²) < 4.78 is 29.8. The summed E-state index contributed by atoms with van der Waals surface area (Å²) in [5.41, 5.74) is 0. The SMILES string of the molecule is NOP(=O)(ON)ON.O=P([O-])(O)O.[H+]. The number of nitrogens with two attached hydrogens (primary N) is 3. The molecule has 0 bridgehead atoms. The molecule has 0 aromatic heterocycles. The zero-order valence-electron chi connectivity index (χ0n) is 6.97. The third-order valence-corrected chi connectivity index (χ3v) is 1.16. The Balaban J connectivity index is -0.000000177. The first kappa shape index (κ1) is 15.6. The Kier molecular flexibility index (Phi) is 7.83. The van der Waals surface area contributed by atoms with Gasteiger partial charge in [-0.1, -0.05) is 0 Å². The Morgan fingerprint density at radius 2 is 1.23 bits per heavy atom. The van der Waals surface area contributed by atoms with Gasteiger partial charge in [0.05, 0.1) is 0 Å². The maximum absolute atomic E-state index is 10.3. The molecule has 0 aliphatic carbocycles. The van der Waals surface area contributed by atoms with Crippen LogP contribution < -0.4 is 22.6 Å². The standard InChI is InChI=1S/H6N3O4P.H3O4P/c1-5-8(4,6-2)7-3;1-5(2,3)4/h1-3H2;(H3,1,2,3,4). The third kappa shape index (κ3) is 14.9. The summed E-state index contributed by atoms with van der Waals surface area (Å²) in [6.45, 7) is 0. The molecule has 82 valence electrons. The highest BCUT2D eigenvalue weighted by atomic mass is 31.2. The van der Waals surface area contributed by atoms with E-state index >= 15 is 0 Å². The van der Waals surface area contributed by atoms with Crippen LogP contribution >= 0.6 is 15.6 Å². The second-order valence-corrected chi connectivity index (χ2v) is 3.76. The highest BCUT2D eigenvalue weighted by Crippen LogP contribution is 2.42. The number of hydrogen-bond donors (Lipinski definition) is 5. The largest absolute Gasteiger partial charge is 1.00 e. The minimum Gasteiger partial charge on any atom is -0.756 e. The summed E-state index contributed by atoms with van der Waals surface area (Å²) in [4.78, 5) is 22.9. The lowest BCUT2D eigenvalue weighted by Crippen LogP contribution is -2.10. The predicted octanol–water partition coefficient (Wildman–Crippen LogP) is -2.68. The van der Waals surface area contributed by atoms with Crippen molar-refractivity contribution in [1.29, 1.82) is 0 Å². The fraction of sp³-hybridized carbons (Fsp3) is 0. The molecule has 0 aliphatic heterocycles. The summed E-state index contributed by atoms with van der Waals surface area (Å²) in [5, 5.41) is 0. The lowest BCUT2D eigenvalue weighted by molar-refractivity contribution is -0.214. The van der Waals surface area contributed by atoms with Gasteiger partial charge in [0.1, 0.15) is 0 Å². The van der Waals surface area contributed by atoms with Crippen LogP contribution in [0.15, 0.2) is 0 Å². The van der Waals surface area contributed by atoms with Gasteiger partial charge in [0, 0.05) is 0 Å². The maximum atomic E-state index is 10.3. The fourth-order valence-corrected chi connectivity index (χ4v) is 0.224. The van der Waals surface area contributed by atoms with Crippen molar-refractivity contribution in [2.75, 3.05) is 0 Å². The first-order valence-corrected chi connectivity index (χ1v) is 5.19. The average Bonchev–Trinajstić information content (AvgIpc) is 2.00. The number of hydrogen-bond acceptors (Lipinski definition) is 9. The molecule has 0 amide bonds. The molecule has 0 heterocycles. The molecule has 0 saturated heterocycles. The van der Waals surface area contributed by atoms with E-state index in [0.29, 0.717) is 0 Å². The molecule has 0 aliphatic rings. The van der Waals surface area contributed by atoms with Crippen molar-refractivity contribution in [3.8, 4) is 0 Å². The molecule has 0 fully saturated rings. The molecule has 0 aromatic carbocycles. The lowest BCUT2D eigenvalue weighted by atomic mass is 13.6. The van der Waals surface area contributed by atoms with Gasteiger partial charge in [-0.3, -0.25) is 4.57 Å². The van der Waals surface area contributed by atoms with Crippen LogP contribution in [0.3, 0.4) is 0 Å². The van der Waals surface area contributed by atoms with Crippen LogP contribution in [-0.4, -0.2) is 9.79 Å². The van der Waals surface area contributed by atoms with Crippen molar-refractivity contribution in [1.82, 2.24) is 0 Å². The summed E-state index contributed by atoms with van der Waals surface area (Å²) >= 11 is 0. The van der Waals surface area contributed by atoms with Gasteiger partial charge in [-0.05, 0) is 0 Å². The molecule has 0 radical (unpaired) electrons. The maximum Gasteiger partial charge on any atom is 1.00 e. The zero-order valence-corrected chi connectivity index (χ0v) is 7.76. The van der Waals surface area contributed by atoms with Crippen LogP contribution in [-0.2, 0) is 23.0 Å². The summed E-state index contributed by atoms with van der Waals surface area (Å²) in [6, 6.07) is 0. The topological polar surface area (TPSA) is 203 Å². The number of phosphoric acid groups is 2. The van der Waals surface area contributed by atoms with Gasteiger partial charge >= 0.3 is 9.25 Å². The van der Waals surface area contributed by atoms with E-state index in [1.807, 2.05) is 0 Å². The van der Waals surface area contributed by atoms with Crippen molar-refractivity contribution in [3.05, 3.63) is 0 Å². The highest BCUT2D eigenvalue weighted by Gasteiger charge is 2.22. The Morgan fingerprint density at radius 3 is 1.23 bits per heavy atom. The van der Waals surface area contributed by atoms with Crippen LogP contribution in [0, 0.1) is 0 Å². The van der Waals surface area contributed by atoms with Gasteiger partial charge in [-0.25, -0.2) is 22.3 Å². The van der Waals surface area contributed by atoms with Crippen LogP contribution in [0.1, 0.15) is 1.43 Å². The lowest BCUT2D eigenvalue weighted by Gasteiger charge is -2.05. The minimum absolute atomic E-state index is 0. The fourth-order valence-electron chi connectivity index (χ4n) is 0.0745. The van der Waals surface area contributed by atoms with E-state index in [9.17, 15) is 4.57 Å². The predicted molar refractivity (Wildman–Crippen MR) is 36.6 cm³/mol. The van der Waals surface area contributed by atoms with Crippen molar-refractivity contribution >= 4 is 15.6 Å². The molecule has 0 unspecified atom stereocenters. The first-order chi connectivity index (χ1) is 5.68. The van der Waals surface area contributed by atoms with Crippen LogP contribution in [0.4, 0.5) is 0 Å². The van der Waals surface area contributed by atoms with E-state index < -0.39 is 15.6 Å². The van der Waals surface area contributed by atoms with E-state index in [1.54, 1.807) is 0 Å². The van der Waals surface area contributed by atoms with Gasteiger partial charge in [-0.15, -0.1) is 0 Å². The van der Waals surface area contributed by atoms with Gasteiger partial charge in [0.2, 0.25) is 0 Å². The van der Waals surface area contributed by atoms with Crippen LogP contribution in [0.2, 0.25) is 0 Å². The molecule has 0 saturated carbocycles. The molecular weight excluding hydrogens is 232 g/mol. The number of rotatable bonds is 3. The third-order valence-electron chi connectivity index (χ3n) is 0.387. The molecule has 0 spiro atoms. The van der Waals surface area contributed by atoms with E-state index in [-0.39, 0.29) is 1.43 Å². The smallest absolute Gasteiger partial charge is 0.756 e. The zero-order chi connectivity index (χ0) is 11.1. The monoisotopic (exact) mass is 241 g/mol. The van der Waals surface area contributed by atoms with Crippen molar-refractivity contribution < 1.29 is 39.1 Å². The Morgan fingerprint density at radius 1 is 1.08 bits per heavy atom. The molecule has 13 heavy (non-hydrogen) atoms. The molecular formula is H9N3O8P2. The molecule has 0 atom stereocenters. The summed E-state index contributed by atoms with van der Waals surface area (Å²) in [7, 11) is -8.72. The van der Waals surface area contributed by atoms with Gasteiger partial charge < -0.3 is 14.7 Å². The second kappa shape index (κ2) is 6.54. The Hall–Kier alpha value is 0.1000. The Bertz CT molecular complexity index is 185. The molecule has 0 rings (SSSR count). The van der Waals surface area contributed by atoms with E-state index in [2.05, 4.69) is 31.6 Å². The average molecular weight is 241 g/mol. The highest BCUT2D eigenvalue weighted by molar-refractivity contribution is 7.48. The van der Waals surface area contributed by atoms with E-state index in [0.717, 1.165) is 0 Å². The van der Waals surface area contributed by atoms with Crippen molar-refractivity contribution in [2.45, 2.75) is 0 Å². The molecule has 11 nitrogen and oxygen atoms in total. The van der Waals surface area contributed by atoms with Crippen LogP contribution in [0.25, 0.3) is 0 Å². The van der Waals surface area contributed by atoms with Gasteiger partial charge in [-0.2, -0.15) is 13.9 Å². The Labute approximate surface area is 73.6 Å². The summed E-state index contributed by atoms with van der Waals surface area (Å²) in [6.07, 6.45) is 0. The molecule has 0 aromatic rings. The quantitative estimate of drug-likeness (QED) is 0.254.